The van der Waals surface area contributed by atoms with Crippen molar-refractivity contribution in [2.24, 2.45) is 4.99 Å². The van der Waals surface area contributed by atoms with E-state index in [1.807, 2.05) is 17.0 Å². The van der Waals surface area contributed by atoms with E-state index in [1.54, 1.807) is 6.34 Å². The molecule has 0 unspecified atom stereocenters. The van der Waals surface area contributed by atoms with Gasteiger partial charge in [0.15, 0.2) is 5.75 Å². The van der Waals surface area contributed by atoms with E-state index in [0.717, 1.165) is 29.7 Å². The van der Waals surface area contributed by atoms with Gasteiger partial charge in [-0.15, -0.1) is 17.0 Å². The highest BCUT2D eigenvalue weighted by atomic mass is 79.9. The molecule has 0 saturated heterocycles. The number of benzene rings is 1. The van der Waals surface area contributed by atoms with Crippen LogP contribution in [-0.4, -0.2) is 24.5 Å². The van der Waals surface area contributed by atoms with E-state index in [9.17, 15) is 5.11 Å². The second kappa shape index (κ2) is 5.68. The molecule has 1 heterocycles. The molecule has 0 saturated carbocycles. The topological polar surface area (TPSA) is 35.8 Å². The molecule has 2 rings (SSSR count). The molecule has 88 valence electrons. The lowest BCUT2D eigenvalue weighted by Gasteiger charge is -2.17. The third-order valence-electron chi connectivity index (χ3n) is 2.51. The average Bonchev–Trinajstić information content (AvgIpc) is 2.75. The SMILES string of the molecule is Br.CCc1cc(Br)c(O)c(N2C=NCC2)c1. The molecule has 0 aromatic heterocycles. The van der Waals surface area contributed by atoms with Crippen LogP contribution in [0.15, 0.2) is 21.6 Å². The Kier molecular flexibility index (Phi) is 4.80. The molecule has 0 bridgehead atoms. The molecule has 0 amide bonds. The van der Waals surface area contributed by atoms with Gasteiger partial charge in [0.2, 0.25) is 0 Å². The molecule has 0 aliphatic carbocycles. The Morgan fingerprint density at radius 3 is 2.81 bits per heavy atom. The molecule has 0 atom stereocenters. The van der Waals surface area contributed by atoms with E-state index in [1.165, 1.54) is 5.56 Å². The third-order valence-corrected chi connectivity index (χ3v) is 3.12. The third kappa shape index (κ3) is 2.58. The first-order chi connectivity index (χ1) is 7.22. The van der Waals surface area contributed by atoms with Crippen molar-refractivity contribution in [2.75, 3.05) is 18.0 Å². The van der Waals surface area contributed by atoms with Crippen molar-refractivity contribution in [3.05, 3.63) is 22.2 Å². The van der Waals surface area contributed by atoms with Crippen molar-refractivity contribution < 1.29 is 5.11 Å². The summed E-state index contributed by atoms with van der Waals surface area (Å²) in [6.07, 6.45) is 2.73. The van der Waals surface area contributed by atoms with Gasteiger partial charge in [-0.1, -0.05) is 6.92 Å². The molecule has 16 heavy (non-hydrogen) atoms. The summed E-state index contributed by atoms with van der Waals surface area (Å²) in [5.74, 6) is 0.292. The molecule has 1 aliphatic heterocycles. The van der Waals surface area contributed by atoms with E-state index < -0.39 is 0 Å². The second-order valence-corrected chi connectivity index (χ2v) is 4.37. The summed E-state index contributed by atoms with van der Waals surface area (Å²) in [4.78, 5) is 6.11. The Hall–Kier alpha value is -0.550. The summed E-state index contributed by atoms with van der Waals surface area (Å²) >= 11 is 3.36. The van der Waals surface area contributed by atoms with E-state index in [4.69, 9.17) is 0 Å². The van der Waals surface area contributed by atoms with Crippen LogP contribution in [0.3, 0.4) is 0 Å². The molecule has 1 aromatic carbocycles. The summed E-state index contributed by atoms with van der Waals surface area (Å²) in [6, 6.07) is 3.96. The first kappa shape index (κ1) is 13.5. The number of aromatic hydroxyl groups is 1. The molecule has 1 aliphatic rings. The van der Waals surface area contributed by atoms with Gasteiger partial charge in [-0.3, -0.25) is 4.99 Å². The molecule has 1 aromatic rings. The number of phenols is 1. The van der Waals surface area contributed by atoms with Gasteiger partial charge in [-0.05, 0) is 40.0 Å². The highest BCUT2D eigenvalue weighted by Crippen LogP contribution is 2.36. The van der Waals surface area contributed by atoms with E-state index in [0.29, 0.717) is 5.75 Å². The largest absolute Gasteiger partial charge is 0.505 e. The fourth-order valence-corrected chi connectivity index (χ4v) is 2.12. The van der Waals surface area contributed by atoms with Crippen molar-refractivity contribution >= 4 is 44.9 Å². The number of phenolic OH excluding ortho intramolecular Hbond substituents is 1. The minimum Gasteiger partial charge on any atom is -0.505 e. The predicted octanol–water partition coefficient (Wildman–Crippen LogP) is 3.14. The minimum absolute atomic E-state index is 0. The van der Waals surface area contributed by atoms with E-state index in [2.05, 4.69) is 27.8 Å². The van der Waals surface area contributed by atoms with Crippen molar-refractivity contribution in [3.8, 4) is 5.75 Å². The van der Waals surface area contributed by atoms with Gasteiger partial charge < -0.3 is 10.0 Å². The van der Waals surface area contributed by atoms with Gasteiger partial charge in [0.25, 0.3) is 0 Å². The van der Waals surface area contributed by atoms with E-state index in [-0.39, 0.29) is 17.0 Å². The average molecular weight is 350 g/mol. The second-order valence-electron chi connectivity index (χ2n) is 3.51. The first-order valence-corrected chi connectivity index (χ1v) is 5.79. The Morgan fingerprint density at radius 1 is 1.50 bits per heavy atom. The number of anilines is 1. The molecule has 0 fully saturated rings. The van der Waals surface area contributed by atoms with Crippen LogP contribution in [0.25, 0.3) is 0 Å². The van der Waals surface area contributed by atoms with Gasteiger partial charge in [-0.25, -0.2) is 0 Å². The Bertz CT molecular complexity index is 407. The highest BCUT2D eigenvalue weighted by molar-refractivity contribution is 9.10. The maximum absolute atomic E-state index is 9.93. The van der Waals surface area contributed by atoms with Crippen molar-refractivity contribution in [1.29, 1.82) is 0 Å². The predicted molar refractivity (Wildman–Crippen MR) is 76.2 cm³/mol. The molecular formula is C11H14Br2N2O. The van der Waals surface area contributed by atoms with Crippen LogP contribution in [0.4, 0.5) is 5.69 Å². The summed E-state index contributed by atoms with van der Waals surface area (Å²) in [7, 11) is 0. The number of hydrogen-bond donors (Lipinski definition) is 1. The fourth-order valence-electron chi connectivity index (χ4n) is 1.62. The standard InChI is InChI=1S/C11H13BrN2O.BrH/c1-2-8-5-9(12)11(15)10(6-8)14-4-3-13-7-14;/h5-7,15H,2-4H2,1H3;1H. The summed E-state index contributed by atoms with van der Waals surface area (Å²) in [5.41, 5.74) is 2.04. The molecular weight excluding hydrogens is 336 g/mol. The van der Waals surface area contributed by atoms with Crippen LogP contribution >= 0.6 is 32.9 Å². The van der Waals surface area contributed by atoms with Crippen molar-refractivity contribution in [1.82, 2.24) is 0 Å². The van der Waals surface area contributed by atoms with Crippen LogP contribution in [0.5, 0.6) is 5.75 Å². The number of aryl methyl sites for hydroxylation is 1. The minimum atomic E-state index is 0. The first-order valence-electron chi connectivity index (χ1n) is 5.00. The van der Waals surface area contributed by atoms with Crippen molar-refractivity contribution in [3.63, 3.8) is 0 Å². The van der Waals surface area contributed by atoms with E-state index >= 15 is 0 Å². The van der Waals surface area contributed by atoms with Crippen LogP contribution in [-0.2, 0) is 6.42 Å². The Morgan fingerprint density at radius 2 is 2.25 bits per heavy atom. The molecule has 3 nitrogen and oxygen atoms in total. The van der Waals surface area contributed by atoms with Gasteiger partial charge >= 0.3 is 0 Å². The Balaban J connectivity index is 0.00000128. The lowest BCUT2D eigenvalue weighted by Crippen LogP contribution is -2.18. The van der Waals surface area contributed by atoms with Crippen LogP contribution in [0.1, 0.15) is 12.5 Å². The Labute approximate surface area is 114 Å². The zero-order valence-corrected chi connectivity index (χ0v) is 12.3. The lowest BCUT2D eigenvalue weighted by molar-refractivity contribution is 0.472. The van der Waals surface area contributed by atoms with Gasteiger partial charge in [-0.2, -0.15) is 0 Å². The smallest absolute Gasteiger partial charge is 0.153 e. The highest BCUT2D eigenvalue weighted by Gasteiger charge is 2.15. The zero-order chi connectivity index (χ0) is 10.8. The normalized spacial score (nSPS) is 14.0. The summed E-state index contributed by atoms with van der Waals surface area (Å²) in [6.45, 7) is 3.74. The number of rotatable bonds is 2. The van der Waals surface area contributed by atoms with Crippen molar-refractivity contribution in [2.45, 2.75) is 13.3 Å². The maximum Gasteiger partial charge on any atom is 0.153 e. The number of aliphatic imine (C=N–C) groups is 1. The molecule has 1 N–H and O–H groups in total. The van der Waals surface area contributed by atoms with Gasteiger partial charge in [0.1, 0.15) is 0 Å². The summed E-state index contributed by atoms with van der Waals surface area (Å²) < 4.78 is 0.747. The lowest BCUT2D eigenvalue weighted by atomic mass is 10.1. The van der Waals surface area contributed by atoms with Gasteiger partial charge in [0.05, 0.1) is 23.0 Å². The fraction of sp³-hybridized carbons (Fsp3) is 0.364. The number of halogens is 2. The quantitative estimate of drug-likeness (QED) is 0.890. The molecule has 5 heteroatoms. The van der Waals surface area contributed by atoms with Crippen LogP contribution < -0.4 is 4.90 Å². The zero-order valence-electron chi connectivity index (χ0n) is 8.98. The number of nitrogens with zero attached hydrogens (tertiary/aromatic N) is 2. The molecule has 0 radical (unpaired) electrons. The number of hydrogen-bond acceptors (Lipinski definition) is 3. The van der Waals surface area contributed by atoms with Crippen LogP contribution in [0.2, 0.25) is 0 Å². The van der Waals surface area contributed by atoms with Gasteiger partial charge in [0, 0.05) is 6.54 Å². The maximum atomic E-state index is 9.93. The molecule has 0 spiro atoms. The summed E-state index contributed by atoms with van der Waals surface area (Å²) in [5, 5.41) is 9.93. The van der Waals surface area contributed by atoms with Crippen LogP contribution in [0, 0.1) is 0 Å². The monoisotopic (exact) mass is 348 g/mol.